The molecule has 0 aliphatic rings. The number of hydrogen-bond acceptors (Lipinski definition) is 1. The molecule has 0 amide bonds. The van der Waals surface area contributed by atoms with Crippen LogP contribution < -0.4 is 0 Å². The van der Waals surface area contributed by atoms with Gasteiger partial charge in [0, 0.05) is 0 Å². The Balaban J connectivity index is -0.00000000667. The van der Waals surface area contributed by atoms with E-state index in [0.717, 1.165) is 0 Å². The zero-order valence-electron chi connectivity index (χ0n) is 3.14. The third kappa shape index (κ3) is 204000. The third-order valence-corrected chi connectivity index (χ3v) is 0. The van der Waals surface area contributed by atoms with Crippen molar-refractivity contribution in [3.63, 3.8) is 0 Å². The van der Waals surface area contributed by atoms with Crippen LogP contribution in [0.15, 0.2) is 0 Å². The average molecular weight is 147 g/mol. The largest absolute Gasteiger partial charge is 2.00 e. The summed E-state index contributed by atoms with van der Waals surface area (Å²) in [5.41, 5.74) is 0. The molecule has 0 saturated carbocycles. The van der Waals surface area contributed by atoms with Gasteiger partial charge in [0.25, 0.3) is 6.47 Å². The molecule has 0 saturated heterocycles. The molecule has 0 heterocycles. The molecule has 34 valence electrons. The Morgan fingerprint density at radius 3 is 1.33 bits per heavy atom. The topological polar surface area (TPSA) is 100 Å². The van der Waals surface area contributed by atoms with E-state index >= 15 is 0 Å². The molecule has 0 radical (unpaired) electrons. The van der Waals surface area contributed by atoms with E-state index in [0.29, 0.717) is 0 Å². The maximum Gasteiger partial charge on any atom is 2.00 e. The van der Waals surface area contributed by atoms with Gasteiger partial charge in [-0.05, 0) is 0 Å². The Kier molecular flexibility index (Phi) is 489. The second kappa shape index (κ2) is 78.6. The quantitative estimate of drug-likeness (QED) is 0.318. The normalized spacial score (nSPS) is 2.00. The van der Waals surface area contributed by atoms with Gasteiger partial charge in [0.05, 0.1) is 0 Å². The van der Waals surface area contributed by atoms with Gasteiger partial charge >= 0.3 is 19.5 Å². The van der Waals surface area contributed by atoms with Crippen LogP contribution in [0.4, 0.5) is 0 Å². The zero-order valence-corrected chi connectivity index (χ0v) is 6.11. The van der Waals surface area contributed by atoms with Crippen LogP contribution in [0, 0.1) is 0 Å². The van der Waals surface area contributed by atoms with E-state index in [4.69, 9.17) is 9.90 Å². The molecule has 0 aromatic rings. The number of carboxylic acid groups (broad SMARTS) is 1. The summed E-state index contributed by atoms with van der Waals surface area (Å²) in [5.74, 6) is 0. The fourth-order valence-electron chi connectivity index (χ4n) is 0. The maximum absolute atomic E-state index is 8.36. The predicted octanol–water partition coefficient (Wildman–Crippen LogP) is -1.95. The summed E-state index contributed by atoms with van der Waals surface area (Å²) in [7, 11) is 0. The minimum Gasteiger partial charge on any atom is -0.483 e. The van der Waals surface area contributed by atoms with Crippen molar-refractivity contribution < 1.29 is 40.3 Å². The molecule has 5 heteroatoms. The van der Waals surface area contributed by atoms with Crippen LogP contribution in [0.25, 0.3) is 0 Å². The minimum absolute atomic E-state index is 0. The third-order valence-electron chi connectivity index (χ3n) is 0. The Bertz CT molecular complexity index is 15.0. The Morgan fingerprint density at radius 2 is 1.33 bits per heavy atom. The van der Waals surface area contributed by atoms with Gasteiger partial charge in [-0.2, -0.15) is 0 Å². The van der Waals surface area contributed by atoms with E-state index in [9.17, 15) is 0 Å². The fraction of sp³-hybridized carbons (Fsp3) is 0. The summed E-state index contributed by atoms with van der Waals surface area (Å²) in [5, 5.41) is 6.89. The van der Waals surface area contributed by atoms with Crippen LogP contribution in [0.5, 0.6) is 0 Å². The Labute approximate surface area is 47.5 Å². The van der Waals surface area contributed by atoms with Crippen LogP contribution in [0.3, 0.4) is 0 Å². The van der Waals surface area contributed by atoms with Crippen LogP contribution in [0.2, 0.25) is 0 Å². The van der Waals surface area contributed by atoms with Crippen molar-refractivity contribution in [2.45, 2.75) is 0 Å². The van der Waals surface area contributed by atoms with Gasteiger partial charge in [-0.3, -0.25) is 4.79 Å². The van der Waals surface area contributed by atoms with Gasteiger partial charge in [0.2, 0.25) is 0 Å². The molecule has 6 heavy (non-hydrogen) atoms. The van der Waals surface area contributed by atoms with Crippen LogP contribution in [-0.4, -0.2) is 22.5 Å². The summed E-state index contributed by atoms with van der Waals surface area (Å²) >= 11 is 0. The van der Waals surface area contributed by atoms with Crippen molar-refractivity contribution in [2.75, 3.05) is 0 Å². The monoisotopic (exact) mass is 146 g/mol. The van der Waals surface area contributed by atoms with Gasteiger partial charge in [-0.15, -0.1) is 0 Å². The zero-order chi connectivity index (χ0) is 2.71. The fourth-order valence-corrected chi connectivity index (χ4v) is 0. The first-order chi connectivity index (χ1) is 1.41. The molecular weight excluding hydrogens is 141 g/mol. The van der Waals surface area contributed by atoms with Crippen LogP contribution in [-0.2, 0) is 24.3 Å². The smallest absolute Gasteiger partial charge is 0.483 e. The molecule has 0 bridgehead atoms. The average Bonchev–Trinajstić information content (AvgIpc) is 0.918. The van der Waals surface area contributed by atoms with Crippen molar-refractivity contribution in [3.8, 4) is 0 Å². The van der Waals surface area contributed by atoms with Gasteiger partial charge in [-0.1, -0.05) is 0 Å². The summed E-state index contributed by atoms with van der Waals surface area (Å²) in [4.78, 5) is 8.36. The van der Waals surface area contributed by atoms with Crippen molar-refractivity contribution in [2.24, 2.45) is 0 Å². The molecular formula is CH6O4Zn+2. The van der Waals surface area contributed by atoms with Crippen molar-refractivity contribution >= 4 is 6.47 Å². The molecule has 0 unspecified atom stereocenters. The van der Waals surface area contributed by atoms with E-state index in [1.807, 2.05) is 0 Å². The standard InChI is InChI=1S/CH2O2.2H2O.Zn/c2-1-3;;;/h1H,(H,2,3);2*1H2;/q;;;+2. The Hall–Kier alpha value is 0.0134. The Morgan fingerprint density at radius 1 is 1.33 bits per heavy atom. The molecule has 0 aromatic carbocycles. The first-order valence-corrected chi connectivity index (χ1v) is 0.494. The van der Waals surface area contributed by atoms with E-state index in [2.05, 4.69) is 0 Å². The first kappa shape index (κ1) is 37.3. The van der Waals surface area contributed by atoms with Crippen molar-refractivity contribution in [1.82, 2.24) is 0 Å². The summed E-state index contributed by atoms with van der Waals surface area (Å²) < 4.78 is 0. The van der Waals surface area contributed by atoms with Crippen LogP contribution in [0.1, 0.15) is 0 Å². The molecule has 0 aliphatic heterocycles. The van der Waals surface area contributed by atoms with E-state index < -0.39 is 0 Å². The second-order valence-corrected chi connectivity index (χ2v) is 0.105. The molecule has 0 aromatic heterocycles. The van der Waals surface area contributed by atoms with Gasteiger partial charge in [-0.25, -0.2) is 0 Å². The molecule has 0 atom stereocenters. The van der Waals surface area contributed by atoms with Crippen LogP contribution >= 0.6 is 0 Å². The van der Waals surface area contributed by atoms with E-state index in [-0.39, 0.29) is 36.9 Å². The second-order valence-electron chi connectivity index (χ2n) is 0.105. The molecule has 0 spiro atoms. The van der Waals surface area contributed by atoms with Crippen molar-refractivity contribution in [1.29, 1.82) is 0 Å². The van der Waals surface area contributed by atoms with Gasteiger partial charge in [0.15, 0.2) is 0 Å². The minimum atomic E-state index is -0.250. The summed E-state index contributed by atoms with van der Waals surface area (Å²) in [6.07, 6.45) is 0. The number of carbonyl (C=O) groups is 1. The molecule has 0 fully saturated rings. The van der Waals surface area contributed by atoms with Gasteiger partial charge < -0.3 is 16.1 Å². The van der Waals surface area contributed by atoms with E-state index in [1.165, 1.54) is 0 Å². The van der Waals surface area contributed by atoms with Gasteiger partial charge in [0.1, 0.15) is 0 Å². The molecule has 0 rings (SSSR count). The van der Waals surface area contributed by atoms with Crippen molar-refractivity contribution in [3.05, 3.63) is 0 Å². The first-order valence-electron chi connectivity index (χ1n) is 0.494. The molecule has 0 aliphatic carbocycles. The van der Waals surface area contributed by atoms with E-state index in [1.54, 1.807) is 0 Å². The summed E-state index contributed by atoms with van der Waals surface area (Å²) in [6.45, 7) is -0.250. The maximum atomic E-state index is 8.36. The molecule has 4 nitrogen and oxygen atoms in total. The number of hydrogen-bond donors (Lipinski definition) is 1. The SMILES string of the molecule is O.O.O=CO.[Zn+2]. The number of rotatable bonds is 0. The molecule has 5 N–H and O–H groups in total. The predicted molar refractivity (Wildman–Crippen MR) is 15.9 cm³/mol. The summed E-state index contributed by atoms with van der Waals surface area (Å²) in [6, 6.07) is 0.